The number of fused-ring (bicyclic) bond motifs is 1. The van der Waals surface area contributed by atoms with Gasteiger partial charge in [0.1, 0.15) is 0 Å². The van der Waals surface area contributed by atoms with Crippen LogP contribution in [0.25, 0.3) is 4.96 Å². The smallest absolute Gasteiger partial charge is 0.235 e. The second-order valence-corrected chi connectivity index (χ2v) is 8.45. The number of halogens is 1. The molecule has 2 aromatic carbocycles. The van der Waals surface area contributed by atoms with E-state index in [9.17, 15) is 0 Å². The maximum atomic E-state index is 6.35. The van der Waals surface area contributed by atoms with Gasteiger partial charge in [-0.25, -0.2) is 0 Å². The van der Waals surface area contributed by atoms with Crippen LogP contribution in [0, 0.1) is 0 Å². The van der Waals surface area contributed by atoms with Crippen molar-refractivity contribution >= 4 is 39.7 Å². The van der Waals surface area contributed by atoms with E-state index >= 15 is 0 Å². The highest BCUT2D eigenvalue weighted by atomic mass is 35.5. The summed E-state index contributed by atoms with van der Waals surface area (Å²) in [6.45, 7) is 0. The first-order chi connectivity index (χ1) is 12.7. The molecule has 0 spiro atoms. The van der Waals surface area contributed by atoms with Crippen molar-refractivity contribution in [3.63, 3.8) is 0 Å². The van der Waals surface area contributed by atoms with Gasteiger partial charge in [0.05, 0.1) is 6.04 Å². The highest BCUT2D eigenvalue weighted by Gasteiger charge is 2.18. The summed E-state index contributed by atoms with van der Waals surface area (Å²) in [5.74, 6) is 1.49. The molecule has 8 heteroatoms. The molecule has 0 radical (unpaired) electrons. The van der Waals surface area contributed by atoms with Crippen LogP contribution in [-0.4, -0.2) is 19.8 Å². The molecule has 0 saturated heterocycles. The van der Waals surface area contributed by atoms with Gasteiger partial charge in [-0.3, -0.25) is 0 Å². The highest BCUT2D eigenvalue weighted by molar-refractivity contribution is 8.00. The molecule has 0 aliphatic rings. The molecule has 0 bridgehead atoms. The minimum absolute atomic E-state index is 0.250. The lowest BCUT2D eigenvalue weighted by molar-refractivity contribution is 0.635. The van der Waals surface area contributed by atoms with E-state index < -0.39 is 0 Å². The number of hydrogen-bond acceptors (Lipinski definition) is 6. The Hall–Kier alpha value is -1.93. The Morgan fingerprint density at radius 3 is 2.69 bits per heavy atom. The third-order valence-electron chi connectivity index (χ3n) is 3.88. The average molecular weight is 402 g/mol. The van der Waals surface area contributed by atoms with Gasteiger partial charge in [-0.15, -0.1) is 15.3 Å². The molecule has 0 saturated carbocycles. The molecule has 4 aromatic rings. The lowest BCUT2D eigenvalue weighted by Gasteiger charge is -2.08. The molecule has 0 aliphatic carbocycles. The van der Waals surface area contributed by atoms with Crippen molar-refractivity contribution in [2.45, 2.75) is 22.6 Å². The van der Waals surface area contributed by atoms with Crippen LogP contribution in [-0.2, 0) is 12.2 Å². The molecule has 132 valence electrons. The Morgan fingerprint density at radius 1 is 1.08 bits per heavy atom. The van der Waals surface area contributed by atoms with Crippen LogP contribution in [0.5, 0.6) is 0 Å². The molecule has 2 heterocycles. The topological polar surface area (TPSA) is 69.1 Å². The maximum absolute atomic E-state index is 6.35. The monoisotopic (exact) mass is 401 g/mol. The fourth-order valence-corrected chi connectivity index (χ4v) is 4.67. The molecule has 2 N–H and O–H groups in total. The van der Waals surface area contributed by atoms with Crippen LogP contribution in [0.3, 0.4) is 0 Å². The van der Waals surface area contributed by atoms with Gasteiger partial charge in [-0.2, -0.15) is 4.52 Å². The van der Waals surface area contributed by atoms with Crippen molar-refractivity contribution in [1.29, 1.82) is 0 Å². The molecule has 0 fully saturated rings. The SMILES string of the molecule is NC(Cc1ccccc1)c1nnc2sc(SCc3cccc(Cl)c3)nn12. The fraction of sp³-hybridized carbons (Fsp3) is 0.167. The summed E-state index contributed by atoms with van der Waals surface area (Å²) in [5, 5.41) is 13.8. The van der Waals surface area contributed by atoms with Crippen LogP contribution >= 0.6 is 34.7 Å². The third-order valence-corrected chi connectivity index (χ3v) is 6.22. The molecule has 4 rings (SSSR count). The zero-order valence-corrected chi connectivity index (χ0v) is 16.1. The van der Waals surface area contributed by atoms with Gasteiger partial charge >= 0.3 is 0 Å². The Balaban J connectivity index is 1.49. The summed E-state index contributed by atoms with van der Waals surface area (Å²) in [5.41, 5.74) is 8.68. The van der Waals surface area contributed by atoms with Gasteiger partial charge < -0.3 is 5.73 Å². The van der Waals surface area contributed by atoms with Crippen molar-refractivity contribution in [2.75, 3.05) is 0 Å². The van der Waals surface area contributed by atoms with E-state index in [2.05, 4.69) is 33.5 Å². The quantitative estimate of drug-likeness (QED) is 0.486. The normalized spacial score (nSPS) is 12.5. The van der Waals surface area contributed by atoms with E-state index in [1.54, 1.807) is 16.3 Å². The molecule has 1 unspecified atom stereocenters. The zero-order valence-electron chi connectivity index (χ0n) is 13.7. The maximum Gasteiger partial charge on any atom is 0.235 e. The van der Waals surface area contributed by atoms with E-state index in [0.29, 0.717) is 12.2 Å². The summed E-state index contributed by atoms with van der Waals surface area (Å²) in [4.78, 5) is 0.761. The predicted molar refractivity (Wildman–Crippen MR) is 107 cm³/mol. The lowest BCUT2D eigenvalue weighted by Crippen LogP contribution is -2.17. The number of rotatable bonds is 6. The minimum Gasteiger partial charge on any atom is -0.321 e. The predicted octanol–water partition coefficient (Wildman–Crippen LogP) is 4.37. The molecule has 0 aliphatic heterocycles. The Kier molecular flexibility index (Phi) is 5.21. The van der Waals surface area contributed by atoms with Crippen LogP contribution in [0.2, 0.25) is 5.02 Å². The molecular weight excluding hydrogens is 386 g/mol. The molecule has 2 aromatic heterocycles. The van der Waals surface area contributed by atoms with E-state index in [0.717, 1.165) is 25.6 Å². The summed E-state index contributed by atoms with van der Waals surface area (Å²) in [6, 6.07) is 17.7. The zero-order chi connectivity index (χ0) is 17.9. The van der Waals surface area contributed by atoms with E-state index in [1.165, 1.54) is 16.9 Å². The lowest BCUT2D eigenvalue weighted by atomic mass is 10.1. The number of benzene rings is 2. The fourth-order valence-electron chi connectivity index (χ4n) is 2.64. The standard InChI is InChI=1S/C18H16ClN5S2/c19-14-8-4-7-13(9-14)11-25-18-23-24-16(21-22-17(24)26-18)15(20)10-12-5-2-1-3-6-12/h1-9,15H,10-11,20H2. The van der Waals surface area contributed by atoms with Crippen LogP contribution in [0.1, 0.15) is 23.0 Å². The van der Waals surface area contributed by atoms with E-state index in [4.69, 9.17) is 17.3 Å². The van der Waals surface area contributed by atoms with Gasteiger partial charge in [0.25, 0.3) is 0 Å². The Labute approximate surface area is 164 Å². The first-order valence-corrected chi connectivity index (χ1v) is 10.3. The van der Waals surface area contributed by atoms with Crippen molar-refractivity contribution < 1.29 is 0 Å². The number of thioether (sulfide) groups is 1. The van der Waals surface area contributed by atoms with E-state index in [-0.39, 0.29) is 6.04 Å². The minimum atomic E-state index is -0.250. The summed E-state index contributed by atoms with van der Waals surface area (Å²) >= 11 is 9.21. The summed E-state index contributed by atoms with van der Waals surface area (Å²) in [7, 11) is 0. The van der Waals surface area contributed by atoms with Crippen molar-refractivity contribution in [3.8, 4) is 0 Å². The van der Waals surface area contributed by atoms with Crippen molar-refractivity contribution in [1.82, 2.24) is 19.8 Å². The third kappa shape index (κ3) is 3.91. The first kappa shape index (κ1) is 17.5. The number of nitrogens with two attached hydrogens (primary N) is 1. The summed E-state index contributed by atoms with van der Waals surface area (Å²) < 4.78 is 2.70. The van der Waals surface area contributed by atoms with Crippen LogP contribution in [0.15, 0.2) is 58.9 Å². The molecule has 1 atom stereocenters. The second-order valence-electron chi connectivity index (χ2n) is 5.84. The first-order valence-electron chi connectivity index (χ1n) is 8.08. The van der Waals surface area contributed by atoms with Gasteiger partial charge in [-0.1, -0.05) is 77.2 Å². The second kappa shape index (κ2) is 7.75. The van der Waals surface area contributed by atoms with Gasteiger partial charge in [-0.05, 0) is 29.7 Å². The van der Waals surface area contributed by atoms with Crippen molar-refractivity contribution in [3.05, 3.63) is 76.6 Å². The largest absolute Gasteiger partial charge is 0.321 e. The van der Waals surface area contributed by atoms with Crippen molar-refractivity contribution in [2.24, 2.45) is 5.73 Å². The number of aromatic nitrogens is 4. The van der Waals surface area contributed by atoms with Crippen LogP contribution < -0.4 is 5.73 Å². The number of nitrogens with zero attached hydrogens (tertiary/aromatic N) is 4. The Bertz CT molecular complexity index is 1010. The molecule has 26 heavy (non-hydrogen) atoms. The summed E-state index contributed by atoms with van der Waals surface area (Å²) in [6.07, 6.45) is 0.699. The van der Waals surface area contributed by atoms with Crippen LogP contribution in [0.4, 0.5) is 0 Å². The molecular formula is C18H16ClN5S2. The van der Waals surface area contributed by atoms with E-state index in [1.807, 2.05) is 36.4 Å². The highest BCUT2D eigenvalue weighted by Crippen LogP contribution is 2.29. The number of hydrogen-bond donors (Lipinski definition) is 1. The van der Waals surface area contributed by atoms with Gasteiger partial charge in [0.2, 0.25) is 4.96 Å². The Morgan fingerprint density at radius 2 is 1.88 bits per heavy atom. The molecule has 5 nitrogen and oxygen atoms in total. The van der Waals surface area contributed by atoms with Gasteiger partial charge in [0.15, 0.2) is 10.2 Å². The van der Waals surface area contributed by atoms with Gasteiger partial charge in [0, 0.05) is 10.8 Å². The molecule has 0 amide bonds. The average Bonchev–Trinajstić information content (AvgIpc) is 3.21.